The van der Waals surface area contributed by atoms with Crippen molar-refractivity contribution in [1.82, 2.24) is 50.9 Å². The van der Waals surface area contributed by atoms with Gasteiger partial charge in [0.25, 0.3) is 17.7 Å². The summed E-state index contributed by atoms with van der Waals surface area (Å²) >= 11 is 0. The van der Waals surface area contributed by atoms with E-state index in [9.17, 15) is 66.0 Å². The Labute approximate surface area is 606 Å². The van der Waals surface area contributed by atoms with E-state index < -0.39 is 135 Å². The molecule has 13 amide bonds. The molecule has 0 radical (unpaired) electrons. The molecule has 103 heavy (non-hydrogen) atoms. The molecule has 2 aromatic carbocycles. The van der Waals surface area contributed by atoms with Crippen molar-refractivity contribution in [2.24, 2.45) is 35.3 Å². The minimum atomic E-state index is -3.93. The lowest BCUT2D eigenvalue weighted by molar-refractivity contribution is -0.148. The van der Waals surface area contributed by atoms with E-state index >= 15 is 0 Å². The largest absolute Gasteiger partial charge is 0.445 e. The van der Waals surface area contributed by atoms with Crippen LogP contribution >= 0.6 is 0 Å². The summed E-state index contributed by atoms with van der Waals surface area (Å²) in [6.45, 7) is 16.8. The summed E-state index contributed by atoms with van der Waals surface area (Å²) in [6, 6.07) is 7.91. The number of nitrogens with two attached hydrogens (primary N) is 1. The highest BCUT2D eigenvalue weighted by atomic mass is 32.2. The fourth-order valence-corrected chi connectivity index (χ4v) is 14.4. The van der Waals surface area contributed by atoms with E-state index in [1.165, 1.54) is 38.3 Å². The predicted octanol–water partition coefficient (Wildman–Crippen LogP) is 4.95. The van der Waals surface area contributed by atoms with Gasteiger partial charge in [-0.1, -0.05) is 130 Å². The maximum absolute atomic E-state index is 14.9. The highest BCUT2D eigenvalue weighted by Crippen LogP contribution is 2.31. The quantitative estimate of drug-likeness (QED) is 0.0321. The highest BCUT2D eigenvalue weighted by molar-refractivity contribution is 7.91. The van der Waals surface area contributed by atoms with E-state index in [2.05, 4.69) is 36.6 Å². The molecular weight excluding hydrogens is 1350 g/mol. The first-order chi connectivity index (χ1) is 48.7. The Kier molecular flexibility index (Phi) is 34.0. The first-order valence-electron chi connectivity index (χ1n) is 36.0. The summed E-state index contributed by atoms with van der Waals surface area (Å²) in [7, 11) is 2.01. The molecule has 2 aliphatic heterocycles. The molecule has 9 N–H and O–H groups in total. The number of rotatable bonds is 43. The van der Waals surface area contributed by atoms with Crippen molar-refractivity contribution in [2.45, 2.75) is 225 Å². The number of hydrogen-bond donors (Lipinski definition) is 8. The number of benzene rings is 2. The minimum absolute atomic E-state index is 0.0171. The average Bonchev–Trinajstić information content (AvgIpc) is 1.80. The van der Waals surface area contributed by atoms with Crippen molar-refractivity contribution in [1.29, 1.82) is 0 Å². The number of carbonyl (C=O) groups excluding carboxylic acids is 12. The van der Waals surface area contributed by atoms with Crippen LogP contribution in [0.3, 0.4) is 0 Å². The van der Waals surface area contributed by atoms with Crippen LogP contribution in [0.25, 0.3) is 0 Å². The van der Waals surface area contributed by atoms with E-state index in [0.29, 0.717) is 101 Å². The lowest BCUT2D eigenvalue weighted by Crippen LogP contribution is -2.60. The summed E-state index contributed by atoms with van der Waals surface area (Å²) in [5, 5.41) is 16.0. The Morgan fingerprint density at radius 1 is 0.660 bits per heavy atom. The Morgan fingerprint density at radius 3 is 1.87 bits per heavy atom. The van der Waals surface area contributed by atoms with E-state index in [1.807, 2.05) is 13.8 Å². The topological polar surface area (TPSA) is 390 Å². The molecule has 0 bridgehead atoms. The minimum Gasteiger partial charge on any atom is -0.445 e. The highest BCUT2D eigenvalue weighted by Gasteiger charge is 2.45. The molecule has 0 spiro atoms. The van der Waals surface area contributed by atoms with Crippen molar-refractivity contribution >= 4 is 86.9 Å². The van der Waals surface area contributed by atoms with Crippen LogP contribution in [0.5, 0.6) is 0 Å². The van der Waals surface area contributed by atoms with Crippen LogP contribution in [0.2, 0.25) is 0 Å². The van der Waals surface area contributed by atoms with Gasteiger partial charge in [-0.25, -0.2) is 18.0 Å². The van der Waals surface area contributed by atoms with Gasteiger partial charge in [-0.2, -0.15) is 0 Å². The lowest BCUT2D eigenvalue weighted by atomic mass is 9.89. The fraction of sp³-hybridized carbons (Fsp3) is 0.644. The first-order valence-corrected chi connectivity index (χ1v) is 37.6. The van der Waals surface area contributed by atoms with Crippen LogP contribution < -0.4 is 42.4 Å². The molecule has 1 aliphatic carbocycles. The molecule has 3 aliphatic rings. The number of urea groups is 1. The summed E-state index contributed by atoms with van der Waals surface area (Å²) < 4.78 is 45.7. The van der Waals surface area contributed by atoms with Gasteiger partial charge < -0.3 is 61.6 Å². The third kappa shape index (κ3) is 25.7. The maximum atomic E-state index is 14.9. The predicted molar refractivity (Wildman–Crippen MR) is 386 cm³/mol. The number of hydrogen-bond acceptors (Lipinski definition) is 17. The van der Waals surface area contributed by atoms with Crippen molar-refractivity contribution < 1.29 is 80.2 Å². The molecule has 0 unspecified atom stereocenters. The van der Waals surface area contributed by atoms with Gasteiger partial charge in [0.1, 0.15) is 36.8 Å². The number of nitrogens with one attached hydrogen (secondary N) is 7. The number of sulfonamides is 1. The second kappa shape index (κ2) is 41.1. The molecular formula is C73H112N12O17S. The van der Waals surface area contributed by atoms with E-state index in [1.54, 1.807) is 115 Å². The molecule has 572 valence electrons. The Hall–Kier alpha value is -8.51. The molecule has 29 nitrogen and oxygen atoms in total. The molecule has 2 fully saturated rings. The number of likely N-dealkylation sites (N-methyl/N-ethyl adjacent to an activating group) is 2. The van der Waals surface area contributed by atoms with Crippen LogP contribution in [-0.2, 0) is 85.2 Å². The summed E-state index contributed by atoms with van der Waals surface area (Å²) in [6.07, 6.45) is 5.72. The smallest absolute Gasteiger partial charge is 0.410 e. The zero-order valence-corrected chi connectivity index (χ0v) is 63.0. The number of amides is 13. The third-order valence-electron chi connectivity index (χ3n) is 19.4. The van der Waals surface area contributed by atoms with Gasteiger partial charge in [0.2, 0.25) is 51.4 Å². The number of methoxy groups -OCH3 is 2. The number of nitrogens with zero attached hydrogens (tertiary/aromatic N) is 4. The van der Waals surface area contributed by atoms with Crippen molar-refractivity contribution in [3.63, 3.8) is 0 Å². The molecule has 0 aromatic heterocycles. The zero-order valence-electron chi connectivity index (χ0n) is 62.2. The fourth-order valence-electron chi connectivity index (χ4n) is 13.1. The Balaban J connectivity index is 1.19. The second-order valence-electron chi connectivity index (χ2n) is 28.3. The van der Waals surface area contributed by atoms with E-state index in [-0.39, 0.29) is 74.3 Å². The van der Waals surface area contributed by atoms with Crippen LogP contribution in [0, 0.1) is 29.6 Å². The monoisotopic (exact) mass is 1460 g/mol. The standard InChI is InChI=1S/C73H112N12O17S/c1-14-47(8)64(56(100-12)42-60(89)84-40-24-28-55(84)65(101-13)48(9)66(90)78-54(41-49-25-18-15-19-26-49)68(92)81-103(98,99)52-34-35-52)82(10)71(95)62(45(4)5)80-70(94)63(46(6)7)83(11)73(97)102-43-50-30-32-51(33-31-50)76-67(91)53(27-20-16-22-38-75-72(74)96)77-69(93)61(44(2)3)79-57(86)29-21-17-23-39-85-58(87)36-37-59(85)88/h15,18-19,25-26,30-33,36-37,44-48,52-56,61-65H,14,16-17,20-24,27-29,34-35,38-43H2,1-13H3,(H,76,91)(H,77,93)(H,78,90)(H,79,86)(H,80,94)(H,81,92)(H3,74,75,96)/t47-,48+,53-,54-,55-,56+,61-,62-,63-,64-,65+/m0/s1. The number of carbonyl (C=O) groups is 12. The van der Waals surface area contributed by atoms with Gasteiger partial charge in [0.15, 0.2) is 0 Å². The van der Waals surface area contributed by atoms with Gasteiger partial charge in [-0.3, -0.25) is 62.5 Å². The Bertz CT molecular complexity index is 3350. The molecule has 1 saturated carbocycles. The number of unbranched alkanes of at least 4 members (excludes halogenated alkanes) is 4. The molecule has 2 aromatic rings. The average molecular weight is 1460 g/mol. The molecule has 11 atom stereocenters. The van der Waals surface area contributed by atoms with Crippen LogP contribution in [0.4, 0.5) is 15.3 Å². The third-order valence-corrected chi connectivity index (χ3v) is 21.2. The van der Waals surface area contributed by atoms with E-state index in [4.69, 9.17) is 19.9 Å². The van der Waals surface area contributed by atoms with Crippen LogP contribution in [0.15, 0.2) is 66.7 Å². The van der Waals surface area contributed by atoms with Gasteiger partial charge in [0.05, 0.1) is 41.9 Å². The van der Waals surface area contributed by atoms with Crippen molar-refractivity contribution in [3.05, 3.63) is 77.9 Å². The second-order valence-corrected chi connectivity index (χ2v) is 30.2. The maximum Gasteiger partial charge on any atom is 0.410 e. The van der Waals surface area contributed by atoms with Gasteiger partial charge in [0, 0.05) is 78.6 Å². The number of imide groups is 1. The summed E-state index contributed by atoms with van der Waals surface area (Å²) in [5.41, 5.74) is 6.78. The summed E-state index contributed by atoms with van der Waals surface area (Å²) in [4.78, 5) is 167. The number of ether oxygens (including phenoxy) is 3. The van der Waals surface area contributed by atoms with Gasteiger partial charge >= 0.3 is 12.1 Å². The number of primary amides is 1. The first kappa shape index (κ1) is 85.1. The number of likely N-dealkylation sites (tertiary alicyclic amines) is 1. The number of anilines is 1. The molecule has 1 saturated heterocycles. The van der Waals surface area contributed by atoms with Crippen LogP contribution in [-0.4, -0.2) is 207 Å². The normalized spacial score (nSPS) is 17.4. The Morgan fingerprint density at radius 2 is 1.29 bits per heavy atom. The van der Waals surface area contributed by atoms with Crippen LogP contribution in [0.1, 0.15) is 163 Å². The van der Waals surface area contributed by atoms with Crippen molar-refractivity contribution in [2.75, 3.05) is 53.3 Å². The summed E-state index contributed by atoms with van der Waals surface area (Å²) in [5.74, 6) is -7.49. The van der Waals surface area contributed by atoms with Gasteiger partial charge in [-0.05, 0) is 98.3 Å². The molecule has 5 rings (SSSR count). The van der Waals surface area contributed by atoms with Crippen molar-refractivity contribution in [3.8, 4) is 0 Å². The van der Waals surface area contributed by atoms with Gasteiger partial charge in [-0.15, -0.1) is 0 Å². The van der Waals surface area contributed by atoms with E-state index in [0.717, 1.165) is 9.80 Å². The SMILES string of the molecule is CC[C@H](C)[C@@H]([C@@H](CC(=O)N1CCC[C@H]1[C@H](OC)[C@@H](C)C(=O)N[C@@H](Cc1ccccc1)C(=O)NS(=O)(=O)C1CC1)OC)N(C)C(=O)[C@@H](NC(=O)[C@H](C(C)C)N(C)C(=O)OCc1ccc(NC(=O)[C@H](CCCCCNC(N)=O)NC(=O)[C@@H](NC(=O)CCCCCN2C(=O)C=CC2=O)C(C)C)cc1)C(C)C. The lowest BCUT2D eigenvalue weighted by Gasteiger charge is -2.41. The molecule has 2 heterocycles. The zero-order chi connectivity index (χ0) is 76.4. The molecule has 30 heteroatoms.